The van der Waals surface area contributed by atoms with Crippen LogP contribution in [-0.2, 0) is 0 Å². The lowest BCUT2D eigenvalue weighted by atomic mass is 10.2. The van der Waals surface area contributed by atoms with Crippen LogP contribution in [0.2, 0.25) is 5.02 Å². The molecule has 0 aliphatic carbocycles. The van der Waals surface area contributed by atoms with Crippen molar-refractivity contribution in [1.82, 2.24) is 4.98 Å². The molecule has 4 nitrogen and oxygen atoms in total. The molecule has 0 aliphatic heterocycles. The van der Waals surface area contributed by atoms with Gasteiger partial charge in [-0.15, -0.1) is 0 Å². The van der Waals surface area contributed by atoms with Crippen LogP contribution in [0, 0.1) is 11.6 Å². The summed E-state index contributed by atoms with van der Waals surface area (Å²) in [6.45, 7) is 0. The van der Waals surface area contributed by atoms with Crippen molar-refractivity contribution in [3.05, 3.63) is 52.8 Å². The Hall–Kier alpha value is -2.21. The van der Waals surface area contributed by atoms with Crippen molar-refractivity contribution in [3.63, 3.8) is 0 Å². The van der Waals surface area contributed by atoms with Crippen molar-refractivity contribution in [2.24, 2.45) is 0 Å². The predicted octanol–water partition coefficient (Wildman–Crippen LogP) is 2.97. The molecule has 0 atom stereocenters. The Morgan fingerprint density at radius 1 is 1.26 bits per heavy atom. The number of carbonyl (C=O) groups is 1. The first-order valence-corrected chi connectivity index (χ1v) is 5.45. The Kier molecular flexibility index (Phi) is 3.62. The number of rotatable bonds is 2. The van der Waals surface area contributed by atoms with E-state index in [0.29, 0.717) is 6.07 Å². The third-order valence-electron chi connectivity index (χ3n) is 2.23. The molecule has 0 unspecified atom stereocenters. The molecule has 2 rings (SSSR count). The molecule has 98 valence electrons. The molecule has 2 aromatic rings. The number of hydrogen-bond acceptors (Lipinski definition) is 3. The summed E-state index contributed by atoms with van der Waals surface area (Å²) in [5, 5.41) is 11.1. The highest BCUT2D eigenvalue weighted by Gasteiger charge is 2.14. The van der Waals surface area contributed by atoms with Gasteiger partial charge in [-0.25, -0.2) is 8.78 Å². The second-order valence-corrected chi connectivity index (χ2v) is 4.04. The number of hydrogen-bond donors (Lipinski definition) is 2. The third-order valence-corrected chi connectivity index (χ3v) is 2.53. The summed E-state index contributed by atoms with van der Waals surface area (Å²) in [6, 6.07) is 2.63. The van der Waals surface area contributed by atoms with Gasteiger partial charge < -0.3 is 10.4 Å². The number of benzene rings is 1. The predicted molar refractivity (Wildman–Crippen MR) is 65.2 cm³/mol. The maximum absolute atomic E-state index is 13.5. The minimum absolute atomic E-state index is 0.0137. The summed E-state index contributed by atoms with van der Waals surface area (Å²) in [7, 11) is 0. The van der Waals surface area contributed by atoms with Gasteiger partial charge in [-0.2, -0.15) is 0 Å². The van der Waals surface area contributed by atoms with E-state index in [9.17, 15) is 18.7 Å². The van der Waals surface area contributed by atoms with Crippen molar-refractivity contribution in [3.8, 4) is 5.75 Å². The van der Waals surface area contributed by atoms with E-state index in [-0.39, 0.29) is 22.0 Å². The first-order valence-electron chi connectivity index (χ1n) is 5.07. The fourth-order valence-electron chi connectivity index (χ4n) is 1.40. The summed E-state index contributed by atoms with van der Waals surface area (Å²) in [5.41, 5.74) is -0.323. The minimum atomic E-state index is -0.994. The van der Waals surface area contributed by atoms with Crippen molar-refractivity contribution in [2.45, 2.75) is 0 Å². The van der Waals surface area contributed by atoms with Crippen LogP contribution >= 0.6 is 11.6 Å². The number of aromatic nitrogens is 1. The molecule has 1 aromatic carbocycles. The number of pyridine rings is 1. The number of aromatic hydroxyl groups is 1. The molecule has 1 amide bonds. The number of anilines is 1. The average molecular weight is 285 g/mol. The van der Waals surface area contributed by atoms with Crippen LogP contribution in [0.5, 0.6) is 5.75 Å². The van der Waals surface area contributed by atoms with Crippen LogP contribution in [0.15, 0.2) is 30.6 Å². The second kappa shape index (κ2) is 5.19. The Morgan fingerprint density at radius 3 is 2.63 bits per heavy atom. The number of amides is 1. The molecule has 19 heavy (non-hydrogen) atoms. The molecule has 0 saturated carbocycles. The number of halogens is 3. The van der Waals surface area contributed by atoms with Gasteiger partial charge in [0.2, 0.25) is 0 Å². The lowest BCUT2D eigenvalue weighted by Crippen LogP contribution is -2.13. The molecule has 0 aliphatic rings. The van der Waals surface area contributed by atoms with Gasteiger partial charge in [0.25, 0.3) is 5.91 Å². The topological polar surface area (TPSA) is 62.2 Å². The van der Waals surface area contributed by atoms with E-state index in [1.54, 1.807) is 0 Å². The van der Waals surface area contributed by atoms with E-state index < -0.39 is 17.5 Å². The fraction of sp³-hybridized carbons (Fsp3) is 0. The highest BCUT2D eigenvalue weighted by Crippen LogP contribution is 2.27. The Morgan fingerprint density at radius 2 is 2.00 bits per heavy atom. The number of nitrogens with one attached hydrogen (secondary N) is 1. The molecule has 1 heterocycles. The van der Waals surface area contributed by atoms with Crippen molar-refractivity contribution in [1.29, 1.82) is 0 Å². The van der Waals surface area contributed by atoms with Crippen molar-refractivity contribution < 1.29 is 18.7 Å². The monoisotopic (exact) mass is 284 g/mol. The molecular formula is C12H7ClF2N2O2. The highest BCUT2D eigenvalue weighted by atomic mass is 35.5. The molecule has 1 aromatic heterocycles. The summed E-state index contributed by atoms with van der Waals surface area (Å²) in [4.78, 5) is 15.4. The normalized spacial score (nSPS) is 10.3. The van der Waals surface area contributed by atoms with Gasteiger partial charge in [-0.1, -0.05) is 11.6 Å². The van der Waals surface area contributed by atoms with E-state index in [1.807, 2.05) is 0 Å². The van der Waals surface area contributed by atoms with E-state index in [4.69, 9.17) is 11.6 Å². The second-order valence-electron chi connectivity index (χ2n) is 3.63. The lowest BCUT2D eigenvalue weighted by Gasteiger charge is -2.08. The van der Waals surface area contributed by atoms with E-state index in [1.165, 1.54) is 6.20 Å². The van der Waals surface area contributed by atoms with E-state index >= 15 is 0 Å². The van der Waals surface area contributed by atoms with Gasteiger partial charge in [0, 0.05) is 12.3 Å². The van der Waals surface area contributed by atoms with Gasteiger partial charge in [0.1, 0.15) is 11.6 Å². The smallest absolute Gasteiger partial charge is 0.257 e. The quantitative estimate of drug-likeness (QED) is 0.891. The first kappa shape index (κ1) is 13.2. The van der Waals surface area contributed by atoms with Crippen molar-refractivity contribution >= 4 is 23.2 Å². The molecule has 0 spiro atoms. The van der Waals surface area contributed by atoms with Gasteiger partial charge in [-0.3, -0.25) is 9.78 Å². The lowest BCUT2D eigenvalue weighted by molar-refractivity contribution is 0.102. The van der Waals surface area contributed by atoms with Crippen LogP contribution in [0.4, 0.5) is 14.5 Å². The maximum Gasteiger partial charge on any atom is 0.257 e. The summed E-state index contributed by atoms with van der Waals surface area (Å²) >= 11 is 5.64. The van der Waals surface area contributed by atoms with Crippen LogP contribution in [0.3, 0.4) is 0 Å². The van der Waals surface area contributed by atoms with Crippen LogP contribution in [0.25, 0.3) is 0 Å². The average Bonchev–Trinajstić information content (AvgIpc) is 2.33. The zero-order valence-electron chi connectivity index (χ0n) is 9.32. The van der Waals surface area contributed by atoms with Crippen molar-refractivity contribution in [2.75, 3.05) is 5.32 Å². The molecule has 0 fully saturated rings. The first-order chi connectivity index (χ1) is 8.97. The Balaban J connectivity index is 2.29. The zero-order valence-corrected chi connectivity index (χ0v) is 10.1. The number of nitrogens with zero attached hydrogens (tertiary/aromatic N) is 1. The fourth-order valence-corrected chi connectivity index (χ4v) is 1.64. The summed E-state index contributed by atoms with van der Waals surface area (Å²) < 4.78 is 26.3. The largest absolute Gasteiger partial charge is 0.506 e. The van der Waals surface area contributed by atoms with Gasteiger partial charge in [0.15, 0.2) is 5.82 Å². The van der Waals surface area contributed by atoms with Crippen LogP contribution in [0.1, 0.15) is 10.4 Å². The molecule has 7 heteroatoms. The van der Waals surface area contributed by atoms with Gasteiger partial charge in [0.05, 0.1) is 22.5 Å². The zero-order chi connectivity index (χ0) is 14.0. The third kappa shape index (κ3) is 2.97. The Labute approximate surface area is 111 Å². The minimum Gasteiger partial charge on any atom is -0.506 e. The standard InChI is InChI=1S/C12H7ClF2N2O2/c13-9-2-7(14)3-10(15)11(9)17-12(19)6-1-8(18)5-16-4-6/h1-5,18H,(H,17,19). The van der Waals surface area contributed by atoms with Crippen LogP contribution in [-0.4, -0.2) is 16.0 Å². The van der Waals surface area contributed by atoms with E-state index in [0.717, 1.165) is 18.3 Å². The molecular weight excluding hydrogens is 278 g/mol. The van der Waals surface area contributed by atoms with Gasteiger partial charge >= 0.3 is 0 Å². The van der Waals surface area contributed by atoms with E-state index in [2.05, 4.69) is 10.3 Å². The summed E-state index contributed by atoms with van der Waals surface area (Å²) in [6.07, 6.45) is 2.33. The molecule has 2 N–H and O–H groups in total. The SMILES string of the molecule is O=C(Nc1c(F)cc(F)cc1Cl)c1cncc(O)c1. The molecule has 0 radical (unpaired) electrons. The number of carbonyl (C=O) groups excluding carboxylic acids is 1. The molecule has 0 bridgehead atoms. The highest BCUT2D eigenvalue weighted by molar-refractivity contribution is 6.34. The molecule has 0 saturated heterocycles. The van der Waals surface area contributed by atoms with Crippen LogP contribution < -0.4 is 5.32 Å². The maximum atomic E-state index is 13.5. The van der Waals surface area contributed by atoms with Gasteiger partial charge in [-0.05, 0) is 12.1 Å². The summed E-state index contributed by atoms with van der Waals surface area (Å²) in [5.74, 6) is -2.78. The Bertz CT molecular complexity index is 626.